The van der Waals surface area contributed by atoms with Crippen molar-refractivity contribution < 1.29 is 9.13 Å². The average Bonchev–Trinajstić information content (AvgIpc) is 2.20. The van der Waals surface area contributed by atoms with Crippen molar-refractivity contribution in [3.05, 3.63) is 24.0 Å². The Morgan fingerprint density at radius 3 is 3.14 bits per heavy atom. The van der Waals surface area contributed by atoms with Gasteiger partial charge < -0.3 is 15.4 Å². The van der Waals surface area contributed by atoms with Crippen molar-refractivity contribution >= 4 is 5.69 Å². The first-order valence-electron chi connectivity index (χ1n) is 4.58. The van der Waals surface area contributed by atoms with Crippen LogP contribution in [-0.2, 0) is 0 Å². The number of benzene rings is 1. The van der Waals surface area contributed by atoms with Crippen LogP contribution in [-0.4, -0.2) is 26.2 Å². The Morgan fingerprint density at radius 1 is 1.64 bits per heavy atom. The number of ether oxygens (including phenoxy) is 1. The van der Waals surface area contributed by atoms with Crippen LogP contribution in [0.5, 0.6) is 5.75 Å². The lowest BCUT2D eigenvalue weighted by molar-refractivity contribution is 0.257. The van der Waals surface area contributed by atoms with E-state index in [0.29, 0.717) is 18.9 Å². The molecule has 0 aliphatic carbocycles. The molecule has 2 N–H and O–H groups in total. The Balaban J connectivity index is 2.41. The van der Waals surface area contributed by atoms with E-state index in [1.54, 1.807) is 6.07 Å². The number of nitrogens with zero attached hydrogens (tertiary/aromatic N) is 1. The highest BCUT2D eigenvalue weighted by Gasteiger charge is 2.25. The maximum Gasteiger partial charge on any atom is 0.178 e. The smallest absolute Gasteiger partial charge is 0.178 e. The average molecular weight is 196 g/mol. The van der Waals surface area contributed by atoms with Crippen molar-refractivity contribution in [2.24, 2.45) is 5.73 Å². The fraction of sp³-hybridized carbons (Fsp3) is 0.400. The van der Waals surface area contributed by atoms with Gasteiger partial charge in [0.15, 0.2) is 11.6 Å². The summed E-state index contributed by atoms with van der Waals surface area (Å²) in [6, 6.07) is 5.03. The quantitative estimate of drug-likeness (QED) is 0.727. The molecule has 76 valence electrons. The summed E-state index contributed by atoms with van der Waals surface area (Å²) in [6.07, 6.45) is 0. The SMILES string of the molecule is CN1c2cccc(F)c2OCC1CN. The Labute approximate surface area is 82.3 Å². The van der Waals surface area contributed by atoms with Gasteiger partial charge >= 0.3 is 0 Å². The van der Waals surface area contributed by atoms with Crippen molar-refractivity contribution in [3.63, 3.8) is 0 Å². The molecule has 4 heteroatoms. The molecule has 1 aromatic carbocycles. The fourth-order valence-electron chi connectivity index (χ4n) is 1.63. The van der Waals surface area contributed by atoms with Gasteiger partial charge in [-0.2, -0.15) is 0 Å². The van der Waals surface area contributed by atoms with Crippen LogP contribution < -0.4 is 15.4 Å². The van der Waals surface area contributed by atoms with E-state index in [1.807, 2.05) is 18.0 Å². The van der Waals surface area contributed by atoms with E-state index >= 15 is 0 Å². The van der Waals surface area contributed by atoms with Crippen LogP contribution in [0.4, 0.5) is 10.1 Å². The maximum absolute atomic E-state index is 13.3. The zero-order chi connectivity index (χ0) is 10.1. The summed E-state index contributed by atoms with van der Waals surface area (Å²) >= 11 is 0. The number of hydrogen-bond donors (Lipinski definition) is 1. The number of hydrogen-bond acceptors (Lipinski definition) is 3. The lowest BCUT2D eigenvalue weighted by Gasteiger charge is -2.35. The van der Waals surface area contributed by atoms with Gasteiger partial charge in [-0.3, -0.25) is 0 Å². The van der Waals surface area contributed by atoms with Gasteiger partial charge in [-0.25, -0.2) is 4.39 Å². The lowest BCUT2D eigenvalue weighted by atomic mass is 10.1. The van der Waals surface area contributed by atoms with Crippen LogP contribution in [0.3, 0.4) is 0 Å². The predicted octanol–water partition coefficient (Wildman–Crippen LogP) is 0.982. The summed E-state index contributed by atoms with van der Waals surface area (Å²) in [6.45, 7) is 0.952. The molecule has 0 bridgehead atoms. The molecule has 0 saturated heterocycles. The third-order valence-electron chi connectivity index (χ3n) is 2.57. The van der Waals surface area contributed by atoms with Crippen molar-refractivity contribution in [1.29, 1.82) is 0 Å². The summed E-state index contributed by atoms with van der Waals surface area (Å²) in [4.78, 5) is 1.96. The molecule has 0 saturated carbocycles. The molecule has 0 aromatic heterocycles. The second-order valence-electron chi connectivity index (χ2n) is 3.40. The topological polar surface area (TPSA) is 38.5 Å². The molecular weight excluding hydrogens is 183 g/mol. The molecule has 1 aliphatic heterocycles. The van der Waals surface area contributed by atoms with Gasteiger partial charge in [0.25, 0.3) is 0 Å². The highest BCUT2D eigenvalue weighted by Crippen LogP contribution is 2.34. The molecule has 1 unspecified atom stereocenters. The van der Waals surface area contributed by atoms with E-state index in [1.165, 1.54) is 6.07 Å². The Hall–Kier alpha value is -1.29. The van der Waals surface area contributed by atoms with Crippen LogP contribution in [0.1, 0.15) is 0 Å². The molecule has 1 aliphatic rings. The molecular formula is C10H13FN2O. The van der Waals surface area contributed by atoms with Gasteiger partial charge in [0.05, 0.1) is 11.7 Å². The van der Waals surface area contributed by atoms with Gasteiger partial charge in [0.2, 0.25) is 0 Å². The number of fused-ring (bicyclic) bond motifs is 1. The first kappa shape index (κ1) is 9.27. The van der Waals surface area contributed by atoms with Crippen molar-refractivity contribution in [2.75, 3.05) is 25.1 Å². The van der Waals surface area contributed by atoms with Crippen LogP contribution in [0.15, 0.2) is 18.2 Å². The summed E-state index contributed by atoms with van der Waals surface area (Å²) in [5, 5.41) is 0. The second-order valence-corrected chi connectivity index (χ2v) is 3.40. The minimum atomic E-state index is -0.315. The molecule has 2 rings (SSSR count). The summed E-state index contributed by atoms with van der Waals surface area (Å²) < 4.78 is 18.6. The van der Waals surface area contributed by atoms with Gasteiger partial charge in [0.1, 0.15) is 6.61 Å². The van der Waals surface area contributed by atoms with Crippen LogP contribution >= 0.6 is 0 Å². The Kier molecular flexibility index (Phi) is 2.29. The number of nitrogens with two attached hydrogens (primary N) is 1. The molecule has 1 atom stereocenters. The standard InChI is InChI=1S/C10H13FN2O/c1-13-7(5-12)6-14-10-8(11)3-2-4-9(10)13/h2-4,7H,5-6,12H2,1H3. The zero-order valence-corrected chi connectivity index (χ0v) is 8.03. The molecule has 0 fully saturated rings. The molecule has 0 radical (unpaired) electrons. The number of para-hydroxylation sites is 1. The molecule has 1 heterocycles. The van der Waals surface area contributed by atoms with E-state index in [0.717, 1.165) is 5.69 Å². The number of likely N-dealkylation sites (N-methyl/N-ethyl adjacent to an activating group) is 1. The van der Waals surface area contributed by atoms with Crippen LogP contribution in [0, 0.1) is 5.82 Å². The van der Waals surface area contributed by atoms with Crippen molar-refractivity contribution in [1.82, 2.24) is 0 Å². The molecule has 0 spiro atoms. The monoisotopic (exact) mass is 196 g/mol. The largest absolute Gasteiger partial charge is 0.486 e. The number of anilines is 1. The van der Waals surface area contributed by atoms with E-state index < -0.39 is 0 Å². The fourth-order valence-corrected chi connectivity index (χ4v) is 1.63. The highest BCUT2D eigenvalue weighted by atomic mass is 19.1. The second kappa shape index (κ2) is 3.46. The molecule has 3 nitrogen and oxygen atoms in total. The highest BCUT2D eigenvalue weighted by molar-refractivity contribution is 5.60. The van der Waals surface area contributed by atoms with Gasteiger partial charge in [0, 0.05) is 13.6 Å². The van der Waals surface area contributed by atoms with E-state index in [4.69, 9.17) is 10.5 Å². The lowest BCUT2D eigenvalue weighted by Crippen LogP contribution is -2.45. The van der Waals surface area contributed by atoms with Crippen molar-refractivity contribution in [3.8, 4) is 5.75 Å². The van der Waals surface area contributed by atoms with Crippen LogP contribution in [0.25, 0.3) is 0 Å². The Bertz CT molecular complexity index is 343. The summed E-state index contributed by atoms with van der Waals surface area (Å²) in [7, 11) is 1.90. The summed E-state index contributed by atoms with van der Waals surface area (Å²) in [5.74, 6) is 0.0181. The number of halogens is 1. The van der Waals surface area contributed by atoms with E-state index in [2.05, 4.69) is 0 Å². The molecule has 1 aromatic rings. The third kappa shape index (κ3) is 1.32. The number of rotatable bonds is 1. The molecule has 0 amide bonds. The van der Waals surface area contributed by atoms with E-state index in [-0.39, 0.29) is 11.9 Å². The van der Waals surface area contributed by atoms with Crippen molar-refractivity contribution in [2.45, 2.75) is 6.04 Å². The first-order chi connectivity index (χ1) is 6.74. The Morgan fingerprint density at radius 2 is 2.43 bits per heavy atom. The van der Waals surface area contributed by atoms with E-state index in [9.17, 15) is 4.39 Å². The minimum absolute atomic E-state index is 0.129. The van der Waals surface area contributed by atoms with Gasteiger partial charge in [-0.15, -0.1) is 0 Å². The van der Waals surface area contributed by atoms with Gasteiger partial charge in [-0.1, -0.05) is 6.07 Å². The summed E-state index contributed by atoms with van der Waals surface area (Å²) in [5.41, 5.74) is 6.34. The van der Waals surface area contributed by atoms with Crippen LogP contribution in [0.2, 0.25) is 0 Å². The maximum atomic E-state index is 13.3. The zero-order valence-electron chi connectivity index (χ0n) is 8.03. The normalized spacial score (nSPS) is 20.2. The van der Waals surface area contributed by atoms with Gasteiger partial charge in [-0.05, 0) is 12.1 Å². The molecule has 14 heavy (non-hydrogen) atoms. The first-order valence-corrected chi connectivity index (χ1v) is 4.58. The predicted molar refractivity (Wildman–Crippen MR) is 53.1 cm³/mol. The minimum Gasteiger partial charge on any atom is -0.486 e. The third-order valence-corrected chi connectivity index (χ3v) is 2.57.